The predicted molar refractivity (Wildman–Crippen MR) is 124 cm³/mol. The minimum absolute atomic E-state index is 0.118. The third-order valence-corrected chi connectivity index (χ3v) is 5.88. The SMILES string of the molecule is C=CC(=O)N1CC(N2c3ncnc(N)c3N(c3ccc(Oc4cccc(F)c4)cc3)C2C=O)C1. The van der Waals surface area contributed by atoms with Gasteiger partial charge < -0.3 is 25.2 Å². The van der Waals surface area contributed by atoms with Crippen LogP contribution in [0.15, 0.2) is 67.5 Å². The molecule has 10 heteroatoms. The fourth-order valence-electron chi connectivity index (χ4n) is 4.26. The summed E-state index contributed by atoms with van der Waals surface area (Å²) >= 11 is 0. The minimum Gasteiger partial charge on any atom is -0.457 e. The number of benzene rings is 2. The second-order valence-electron chi connectivity index (χ2n) is 7.91. The lowest BCUT2D eigenvalue weighted by molar-refractivity contribution is -0.130. The molecule has 1 aromatic heterocycles. The number of halogens is 1. The maximum atomic E-state index is 13.4. The molecule has 0 aliphatic carbocycles. The highest BCUT2D eigenvalue weighted by Crippen LogP contribution is 2.47. The molecule has 1 amide bonds. The standard InChI is InChI=1S/C24H21FN6O3/c1-2-21(33)29-11-17(12-29)31-20(13-32)30(22-23(26)27-14-28-24(22)31)16-6-8-18(9-7-16)34-19-5-3-4-15(25)10-19/h2-10,13-14,17,20H,1,11-12H2,(H2,26,27,28). The van der Waals surface area contributed by atoms with Crippen molar-refractivity contribution in [3.63, 3.8) is 0 Å². The summed E-state index contributed by atoms with van der Waals surface area (Å²) in [6.45, 7) is 4.39. The van der Waals surface area contributed by atoms with Crippen LogP contribution >= 0.6 is 0 Å². The molecule has 2 aromatic carbocycles. The summed E-state index contributed by atoms with van der Waals surface area (Å²) in [6, 6.07) is 12.7. The Hall–Kier alpha value is -4.47. The van der Waals surface area contributed by atoms with Gasteiger partial charge in [0.05, 0.1) is 6.04 Å². The summed E-state index contributed by atoms with van der Waals surface area (Å²) in [6.07, 6.45) is 2.71. The Morgan fingerprint density at radius 2 is 1.91 bits per heavy atom. The normalized spacial score (nSPS) is 17.2. The van der Waals surface area contributed by atoms with Crippen LogP contribution < -0.4 is 20.3 Å². The van der Waals surface area contributed by atoms with E-state index in [2.05, 4.69) is 16.5 Å². The molecule has 1 unspecified atom stereocenters. The molecule has 3 aromatic rings. The molecule has 1 atom stereocenters. The highest BCUT2D eigenvalue weighted by molar-refractivity contribution is 5.94. The van der Waals surface area contributed by atoms with Gasteiger partial charge in [0.15, 0.2) is 24.1 Å². The van der Waals surface area contributed by atoms with Crippen LogP contribution in [-0.2, 0) is 9.59 Å². The van der Waals surface area contributed by atoms with Crippen LogP contribution in [0.1, 0.15) is 0 Å². The average molecular weight is 460 g/mol. The zero-order valence-electron chi connectivity index (χ0n) is 18.0. The molecule has 0 saturated carbocycles. The molecule has 34 heavy (non-hydrogen) atoms. The van der Waals surface area contributed by atoms with Crippen LogP contribution in [-0.4, -0.2) is 52.4 Å². The van der Waals surface area contributed by atoms with Crippen molar-refractivity contribution >= 4 is 35.2 Å². The van der Waals surface area contributed by atoms with Gasteiger partial charge in [-0.2, -0.15) is 0 Å². The van der Waals surface area contributed by atoms with Gasteiger partial charge in [-0.25, -0.2) is 14.4 Å². The lowest BCUT2D eigenvalue weighted by Crippen LogP contribution is -2.64. The zero-order valence-corrected chi connectivity index (χ0v) is 18.0. The molecule has 2 N–H and O–H groups in total. The minimum atomic E-state index is -0.727. The summed E-state index contributed by atoms with van der Waals surface area (Å²) in [4.78, 5) is 38.0. The molecular formula is C24H21FN6O3. The monoisotopic (exact) mass is 460 g/mol. The van der Waals surface area contributed by atoms with E-state index in [1.54, 1.807) is 46.2 Å². The first kappa shape index (κ1) is 21.4. The number of nitrogens with two attached hydrogens (primary N) is 1. The van der Waals surface area contributed by atoms with Crippen molar-refractivity contribution in [3.8, 4) is 11.5 Å². The van der Waals surface area contributed by atoms with E-state index in [0.717, 1.165) is 6.29 Å². The Kier molecular flexibility index (Phi) is 5.33. The molecule has 0 spiro atoms. The number of fused-ring (bicyclic) bond motifs is 1. The fraction of sp³-hybridized carbons (Fsp3) is 0.167. The van der Waals surface area contributed by atoms with Crippen molar-refractivity contribution in [1.82, 2.24) is 14.9 Å². The van der Waals surface area contributed by atoms with E-state index in [9.17, 15) is 14.0 Å². The third kappa shape index (κ3) is 3.58. The second kappa shape index (κ2) is 8.47. The van der Waals surface area contributed by atoms with E-state index in [1.165, 1.54) is 24.5 Å². The number of carbonyl (C=O) groups is 2. The number of aldehydes is 1. The quantitative estimate of drug-likeness (QED) is 0.442. The molecule has 0 radical (unpaired) electrons. The van der Waals surface area contributed by atoms with Crippen molar-refractivity contribution in [3.05, 3.63) is 73.3 Å². The Labute approximate surface area is 194 Å². The first-order valence-electron chi connectivity index (χ1n) is 10.6. The Morgan fingerprint density at radius 1 is 1.15 bits per heavy atom. The summed E-state index contributed by atoms with van der Waals surface area (Å²) in [7, 11) is 0. The number of rotatable bonds is 6. The van der Waals surface area contributed by atoms with Crippen molar-refractivity contribution in [2.24, 2.45) is 0 Å². The zero-order chi connectivity index (χ0) is 23.8. The third-order valence-electron chi connectivity index (χ3n) is 5.88. The molecule has 0 bridgehead atoms. The lowest BCUT2D eigenvalue weighted by atomic mass is 10.1. The Balaban J connectivity index is 1.45. The van der Waals surface area contributed by atoms with Crippen LogP contribution in [0.3, 0.4) is 0 Å². The molecule has 2 aliphatic rings. The molecule has 172 valence electrons. The van der Waals surface area contributed by atoms with E-state index in [1.807, 2.05) is 4.90 Å². The van der Waals surface area contributed by atoms with Crippen LogP contribution in [0.25, 0.3) is 0 Å². The van der Waals surface area contributed by atoms with Crippen LogP contribution in [0.4, 0.5) is 27.4 Å². The molecule has 1 fully saturated rings. The maximum Gasteiger partial charge on any atom is 0.246 e. The number of nitrogen functional groups attached to an aromatic ring is 1. The van der Waals surface area contributed by atoms with Gasteiger partial charge in [-0.1, -0.05) is 12.6 Å². The van der Waals surface area contributed by atoms with Gasteiger partial charge in [0, 0.05) is 24.8 Å². The number of anilines is 4. The van der Waals surface area contributed by atoms with Crippen LogP contribution in [0.2, 0.25) is 0 Å². The van der Waals surface area contributed by atoms with E-state index >= 15 is 0 Å². The number of nitrogens with zero attached hydrogens (tertiary/aromatic N) is 5. The topological polar surface area (TPSA) is 105 Å². The van der Waals surface area contributed by atoms with Gasteiger partial charge in [0.25, 0.3) is 0 Å². The molecule has 5 rings (SSSR count). The van der Waals surface area contributed by atoms with Crippen molar-refractivity contribution in [1.29, 1.82) is 0 Å². The number of aromatic nitrogens is 2. The number of amides is 1. The second-order valence-corrected chi connectivity index (χ2v) is 7.91. The molecule has 2 aliphatic heterocycles. The van der Waals surface area contributed by atoms with Crippen molar-refractivity contribution in [2.45, 2.75) is 12.2 Å². The largest absolute Gasteiger partial charge is 0.457 e. The van der Waals surface area contributed by atoms with Gasteiger partial charge in [-0.3, -0.25) is 9.59 Å². The maximum absolute atomic E-state index is 13.4. The van der Waals surface area contributed by atoms with Gasteiger partial charge in [-0.15, -0.1) is 0 Å². The molecule has 9 nitrogen and oxygen atoms in total. The molecule has 3 heterocycles. The van der Waals surface area contributed by atoms with E-state index in [0.29, 0.717) is 41.8 Å². The first-order valence-corrected chi connectivity index (χ1v) is 10.6. The van der Waals surface area contributed by atoms with Gasteiger partial charge in [0.2, 0.25) is 5.91 Å². The van der Waals surface area contributed by atoms with E-state index in [4.69, 9.17) is 10.5 Å². The first-order chi connectivity index (χ1) is 16.5. The Morgan fingerprint density at radius 3 is 2.59 bits per heavy atom. The predicted octanol–water partition coefficient (Wildman–Crippen LogP) is 2.87. The smallest absolute Gasteiger partial charge is 0.246 e. The summed E-state index contributed by atoms with van der Waals surface area (Å²) in [5, 5.41) is 0. The summed E-state index contributed by atoms with van der Waals surface area (Å²) in [5.74, 6) is 1.08. The van der Waals surface area contributed by atoms with E-state index < -0.39 is 12.0 Å². The number of likely N-dealkylation sites (tertiary alicyclic amines) is 1. The summed E-state index contributed by atoms with van der Waals surface area (Å²) in [5.41, 5.74) is 7.40. The number of carbonyl (C=O) groups excluding carboxylic acids is 2. The van der Waals surface area contributed by atoms with Crippen molar-refractivity contribution in [2.75, 3.05) is 28.6 Å². The lowest BCUT2D eigenvalue weighted by Gasteiger charge is -2.45. The number of hydrogen-bond acceptors (Lipinski definition) is 8. The fourth-order valence-corrected chi connectivity index (χ4v) is 4.26. The molecular weight excluding hydrogens is 439 g/mol. The van der Waals surface area contributed by atoms with Gasteiger partial charge in [-0.05, 0) is 42.5 Å². The van der Waals surface area contributed by atoms with Gasteiger partial charge in [0.1, 0.15) is 29.3 Å². The summed E-state index contributed by atoms with van der Waals surface area (Å²) < 4.78 is 19.2. The van der Waals surface area contributed by atoms with Crippen LogP contribution in [0, 0.1) is 5.82 Å². The highest BCUT2D eigenvalue weighted by atomic mass is 19.1. The Bertz CT molecular complexity index is 1260. The van der Waals surface area contributed by atoms with Gasteiger partial charge >= 0.3 is 0 Å². The number of ether oxygens (including phenoxy) is 1. The number of hydrogen-bond donors (Lipinski definition) is 1. The van der Waals surface area contributed by atoms with Crippen molar-refractivity contribution < 1.29 is 18.7 Å². The average Bonchev–Trinajstić information content (AvgIpc) is 3.14. The van der Waals surface area contributed by atoms with E-state index in [-0.39, 0.29) is 17.8 Å². The van der Waals surface area contributed by atoms with Crippen LogP contribution in [0.5, 0.6) is 11.5 Å². The molecule has 1 saturated heterocycles. The highest BCUT2D eigenvalue weighted by Gasteiger charge is 2.47.